The molecule has 1 N–H and O–H groups in total. The molecule has 0 aromatic heterocycles. The number of hydrogen-bond acceptors (Lipinski definition) is 4. The number of benzene rings is 2. The second-order valence-corrected chi connectivity index (χ2v) is 5.98. The van der Waals surface area contributed by atoms with Gasteiger partial charge in [-0.15, -0.1) is 0 Å². The van der Waals surface area contributed by atoms with Crippen LogP contribution in [-0.2, 0) is 6.42 Å². The summed E-state index contributed by atoms with van der Waals surface area (Å²) in [4.78, 5) is 0. The molecule has 26 heavy (non-hydrogen) atoms. The molecule has 0 heterocycles. The fraction of sp³-hybridized carbons (Fsp3) is 0.364. The zero-order valence-electron chi connectivity index (χ0n) is 16.3. The summed E-state index contributed by atoms with van der Waals surface area (Å²) in [5.41, 5.74) is 3.55. The van der Waals surface area contributed by atoms with Gasteiger partial charge in [0.25, 0.3) is 0 Å². The van der Waals surface area contributed by atoms with E-state index in [0.29, 0.717) is 29.4 Å². The molecule has 0 aliphatic heterocycles. The number of allylic oxidation sites excluding steroid dienone is 1. The van der Waals surface area contributed by atoms with Crippen molar-refractivity contribution in [2.45, 2.75) is 33.6 Å². The lowest BCUT2D eigenvalue weighted by Gasteiger charge is -2.18. The first-order valence-electron chi connectivity index (χ1n) is 8.97. The molecule has 0 unspecified atom stereocenters. The van der Waals surface area contributed by atoms with Gasteiger partial charge in [-0.3, -0.25) is 0 Å². The van der Waals surface area contributed by atoms with Gasteiger partial charge in [-0.2, -0.15) is 0 Å². The third kappa shape index (κ3) is 4.13. The largest absolute Gasteiger partial charge is 0.504 e. The highest BCUT2D eigenvalue weighted by Gasteiger charge is 2.20. The van der Waals surface area contributed by atoms with Crippen LogP contribution in [0.25, 0.3) is 17.2 Å². The Labute approximate surface area is 156 Å². The van der Waals surface area contributed by atoms with Crippen molar-refractivity contribution in [3.8, 4) is 34.1 Å². The Morgan fingerprint density at radius 3 is 2.27 bits per heavy atom. The molecule has 0 saturated carbocycles. The van der Waals surface area contributed by atoms with Crippen molar-refractivity contribution in [3.05, 3.63) is 41.5 Å². The first-order valence-corrected chi connectivity index (χ1v) is 8.97. The van der Waals surface area contributed by atoms with Crippen LogP contribution in [0.1, 0.15) is 38.3 Å². The third-order valence-electron chi connectivity index (χ3n) is 4.13. The topological polar surface area (TPSA) is 47.9 Å². The van der Waals surface area contributed by atoms with Crippen LogP contribution in [0.4, 0.5) is 0 Å². The Kier molecular flexibility index (Phi) is 6.96. The number of phenols is 1. The fourth-order valence-corrected chi connectivity index (χ4v) is 3.02. The molecule has 2 aromatic rings. The first kappa shape index (κ1) is 19.7. The van der Waals surface area contributed by atoms with Crippen LogP contribution >= 0.6 is 0 Å². The van der Waals surface area contributed by atoms with Crippen molar-refractivity contribution < 1.29 is 19.3 Å². The molecule has 4 nitrogen and oxygen atoms in total. The average molecular weight is 356 g/mol. The summed E-state index contributed by atoms with van der Waals surface area (Å²) in [5, 5.41) is 10.8. The number of phenolic OH excluding ortho intramolecular Hbond substituents is 1. The Morgan fingerprint density at radius 2 is 1.69 bits per heavy atom. The summed E-state index contributed by atoms with van der Waals surface area (Å²) >= 11 is 0. The van der Waals surface area contributed by atoms with E-state index in [-0.39, 0.29) is 5.75 Å². The molecule has 0 atom stereocenters. The number of hydrogen-bond donors (Lipinski definition) is 1. The minimum Gasteiger partial charge on any atom is -0.504 e. The maximum Gasteiger partial charge on any atom is 0.169 e. The summed E-state index contributed by atoms with van der Waals surface area (Å²) in [7, 11) is 3.18. The van der Waals surface area contributed by atoms with Gasteiger partial charge in [0.2, 0.25) is 0 Å². The highest BCUT2D eigenvalue weighted by Crippen LogP contribution is 2.46. The molecule has 0 aliphatic carbocycles. The summed E-state index contributed by atoms with van der Waals surface area (Å²) in [6.07, 6.45) is 5.86. The summed E-state index contributed by atoms with van der Waals surface area (Å²) in [5.74, 6) is 1.82. The molecule has 0 fully saturated rings. The molecule has 0 aliphatic rings. The SMILES string of the molecule is C/C=C/c1cc(OC)c(O)c(-c2cc(CCC)cc(OC)c2OCC)c1. The van der Waals surface area contributed by atoms with Gasteiger partial charge >= 0.3 is 0 Å². The van der Waals surface area contributed by atoms with Gasteiger partial charge in [-0.1, -0.05) is 25.5 Å². The van der Waals surface area contributed by atoms with Crippen LogP contribution in [0.15, 0.2) is 30.3 Å². The average Bonchev–Trinajstić information content (AvgIpc) is 2.64. The maximum atomic E-state index is 10.8. The molecular weight excluding hydrogens is 328 g/mol. The van der Waals surface area contributed by atoms with Crippen LogP contribution < -0.4 is 14.2 Å². The van der Waals surface area contributed by atoms with E-state index in [0.717, 1.165) is 29.5 Å². The summed E-state index contributed by atoms with van der Waals surface area (Å²) in [6, 6.07) is 7.81. The maximum absolute atomic E-state index is 10.8. The van der Waals surface area contributed by atoms with Crippen LogP contribution in [0.3, 0.4) is 0 Å². The highest BCUT2D eigenvalue weighted by atomic mass is 16.5. The zero-order chi connectivity index (χ0) is 19.1. The lowest BCUT2D eigenvalue weighted by Crippen LogP contribution is -2.00. The van der Waals surface area contributed by atoms with Crippen LogP contribution in [0, 0.1) is 0 Å². The lowest BCUT2D eigenvalue weighted by atomic mass is 9.96. The number of aryl methyl sites for hydroxylation is 1. The molecule has 2 aromatic carbocycles. The van der Waals surface area contributed by atoms with Gasteiger partial charge in [0, 0.05) is 11.1 Å². The standard InChI is InChI=1S/C22H28O4/c1-6-9-15-11-17(21(23)19(13-15)24-4)18-12-16(10-7-2)14-20(25-5)22(18)26-8-3/h6,9,11-14,23H,7-8,10H2,1-5H3/b9-6+. The Bertz CT molecular complexity index is 778. The quantitative estimate of drug-likeness (QED) is 0.682. The fourth-order valence-electron chi connectivity index (χ4n) is 3.02. The second kappa shape index (κ2) is 9.18. The van der Waals surface area contributed by atoms with E-state index in [1.165, 1.54) is 0 Å². The number of ether oxygens (including phenoxy) is 3. The molecule has 0 amide bonds. The van der Waals surface area contributed by atoms with Crippen LogP contribution in [0.5, 0.6) is 23.0 Å². The van der Waals surface area contributed by atoms with Crippen molar-refractivity contribution in [1.29, 1.82) is 0 Å². The second-order valence-electron chi connectivity index (χ2n) is 5.98. The first-order chi connectivity index (χ1) is 12.6. The van der Waals surface area contributed by atoms with Crippen molar-refractivity contribution in [1.82, 2.24) is 0 Å². The molecule has 0 bridgehead atoms. The van der Waals surface area contributed by atoms with Crippen LogP contribution in [-0.4, -0.2) is 25.9 Å². The van der Waals surface area contributed by atoms with Gasteiger partial charge in [-0.25, -0.2) is 0 Å². The number of rotatable bonds is 8. The van der Waals surface area contributed by atoms with Gasteiger partial charge < -0.3 is 19.3 Å². The van der Waals surface area contributed by atoms with Crippen molar-refractivity contribution in [2.24, 2.45) is 0 Å². The van der Waals surface area contributed by atoms with E-state index in [1.807, 2.05) is 44.2 Å². The summed E-state index contributed by atoms with van der Waals surface area (Å²) in [6.45, 7) is 6.52. The third-order valence-corrected chi connectivity index (χ3v) is 4.13. The predicted molar refractivity (Wildman–Crippen MR) is 107 cm³/mol. The van der Waals surface area contributed by atoms with Gasteiger partial charge in [0.15, 0.2) is 23.0 Å². The van der Waals surface area contributed by atoms with Crippen molar-refractivity contribution in [2.75, 3.05) is 20.8 Å². The molecule has 0 radical (unpaired) electrons. The normalized spacial score (nSPS) is 11.0. The number of aromatic hydroxyl groups is 1. The lowest BCUT2D eigenvalue weighted by molar-refractivity contribution is 0.311. The van der Waals surface area contributed by atoms with Crippen molar-refractivity contribution in [3.63, 3.8) is 0 Å². The Balaban J connectivity index is 2.79. The van der Waals surface area contributed by atoms with E-state index >= 15 is 0 Å². The van der Waals surface area contributed by atoms with E-state index in [4.69, 9.17) is 14.2 Å². The molecule has 0 saturated heterocycles. The Hall–Kier alpha value is -2.62. The van der Waals surface area contributed by atoms with Crippen LogP contribution in [0.2, 0.25) is 0 Å². The highest BCUT2D eigenvalue weighted by molar-refractivity contribution is 5.83. The van der Waals surface area contributed by atoms with Crippen molar-refractivity contribution >= 4 is 6.08 Å². The monoisotopic (exact) mass is 356 g/mol. The predicted octanol–water partition coefficient (Wildman–Crippen LogP) is 5.46. The van der Waals surface area contributed by atoms with Gasteiger partial charge in [0.05, 0.1) is 20.8 Å². The Morgan fingerprint density at radius 1 is 0.962 bits per heavy atom. The zero-order valence-corrected chi connectivity index (χ0v) is 16.3. The van der Waals surface area contributed by atoms with E-state index < -0.39 is 0 Å². The smallest absolute Gasteiger partial charge is 0.169 e. The van der Waals surface area contributed by atoms with E-state index in [2.05, 4.69) is 13.0 Å². The minimum absolute atomic E-state index is 0.0948. The molecule has 2 rings (SSSR count). The minimum atomic E-state index is 0.0948. The van der Waals surface area contributed by atoms with E-state index in [9.17, 15) is 5.11 Å². The van der Waals surface area contributed by atoms with E-state index in [1.54, 1.807) is 14.2 Å². The number of methoxy groups -OCH3 is 2. The molecule has 140 valence electrons. The van der Waals surface area contributed by atoms with Gasteiger partial charge in [-0.05, 0) is 55.7 Å². The molecule has 0 spiro atoms. The molecule has 4 heteroatoms. The summed E-state index contributed by atoms with van der Waals surface area (Å²) < 4.78 is 16.8. The molecular formula is C22H28O4. The van der Waals surface area contributed by atoms with Gasteiger partial charge in [0.1, 0.15) is 0 Å².